The van der Waals surface area contributed by atoms with Gasteiger partial charge in [-0.25, -0.2) is 4.79 Å². The average Bonchev–Trinajstić information content (AvgIpc) is 3.13. The summed E-state index contributed by atoms with van der Waals surface area (Å²) < 4.78 is 0. The number of nitrogens with zero attached hydrogens (tertiary/aromatic N) is 3. The van der Waals surface area contributed by atoms with Crippen molar-refractivity contribution in [1.29, 1.82) is 5.26 Å². The molecule has 0 aromatic carbocycles. The molecule has 0 unspecified atom stereocenters. The molecule has 18 heavy (non-hydrogen) atoms. The second-order valence-corrected chi connectivity index (χ2v) is 4.48. The summed E-state index contributed by atoms with van der Waals surface area (Å²) >= 11 is 0. The van der Waals surface area contributed by atoms with Crippen LogP contribution >= 0.6 is 0 Å². The topological polar surface area (TPSA) is 77.2 Å². The fourth-order valence-electron chi connectivity index (χ4n) is 2.00. The van der Waals surface area contributed by atoms with E-state index in [1.165, 1.54) is 6.20 Å². The first-order chi connectivity index (χ1) is 8.63. The number of pyridine rings is 1. The number of aromatic carboxylic acids is 1. The highest BCUT2D eigenvalue weighted by Gasteiger charge is 2.31. The monoisotopic (exact) mass is 245 g/mol. The fourth-order valence-corrected chi connectivity index (χ4v) is 2.00. The van der Waals surface area contributed by atoms with Crippen LogP contribution in [0.3, 0.4) is 0 Å². The predicted molar refractivity (Wildman–Crippen MR) is 66.5 cm³/mol. The minimum atomic E-state index is -0.972. The molecular weight excluding hydrogens is 230 g/mol. The molecule has 1 fully saturated rings. The summed E-state index contributed by atoms with van der Waals surface area (Å²) in [6.45, 7) is 2.41. The van der Waals surface area contributed by atoms with Gasteiger partial charge in [0.1, 0.15) is 5.56 Å². The lowest BCUT2D eigenvalue weighted by atomic mass is 10.1. The molecule has 94 valence electrons. The molecular formula is C13H15N3O2. The Kier molecular flexibility index (Phi) is 3.47. The van der Waals surface area contributed by atoms with Gasteiger partial charge >= 0.3 is 5.97 Å². The van der Waals surface area contributed by atoms with Crippen LogP contribution in [0.15, 0.2) is 12.3 Å². The zero-order chi connectivity index (χ0) is 13.1. The van der Waals surface area contributed by atoms with E-state index in [9.17, 15) is 9.90 Å². The highest BCUT2D eigenvalue weighted by atomic mass is 16.4. The molecule has 5 nitrogen and oxygen atoms in total. The summed E-state index contributed by atoms with van der Waals surface area (Å²) in [4.78, 5) is 17.3. The maximum Gasteiger partial charge on any atom is 0.339 e. The van der Waals surface area contributed by atoms with Crippen molar-refractivity contribution >= 4 is 11.7 Å². The lowest BCUT2D eigenvalue weighted by Gasteiger charge is -2.25. The summed E-state index contributed by atoms with van der Waals surface area (Å²) in [7, 11) is 0. The number of aromatic nitrogens is 1. The van der Waals surface area contributed by atoms with Crippen molar-refractivity contribution in [1.82, 2.24) is 4.98 Å². The SMILES string of the molecule is Cc1cc(N(CCC#N)C2CC2)c(C(=O)O)cn1. The first-order valence-electron chi connectivity index (χ1n) is 5.97. The molecule has 0 atom stereocenters. The standard InChI is InChI=1S/C13H15N3O2/c1-9-7-12(11(8-15-9)13(17)18)16(6-2-5-14)10-3-4-10/h7-8,10H,2-4,6H2,1H3,(H,17,18). The van der Waals surface area contributed by atoms with Gasteiger partial charge in [0.2, 0.25) is 0 Å². The van der Waals surface area contributed by atoms with Crippen LogP contribution in [0.5, 0.6) is 0 Å². The van der Waals surface area contributed by atoms with Gasteiger partial charge in [-0.3, -0.25) is 4.98 Å². The summed E-state index contributed by atoms with van der Waals surface area (Å²) in [5.74, 6) is -0.972. The van der Waals surface area contributed by atoms with Crippen molar-refractivity contribution in [3.05, 3.63) is 23.5 Å². The Balaban J connectivity index is 2.36. The molecule has 0 spiro atoms. The van der Waals surface area contributed by atoms with Crippen LogP contribution in [0.2, 0.25) is 0 Å². The number of carbonyl (C=O) groups is 1. The van der Waals surface area contributed by atoms with Gasteiger partial charge in [0.05, 0.1) is 18.2 Å². The van der Waals surface area contributed by atoms with Crippen LogP contribution in [0.4, 0.5) is 5.69 Å². The normalized spacial score (nSPS) is 14.0. The number of aryl methyl sites for hydroxylation is 1. The Labute approximate surface area is 106 Å². The van der Waals surface area contributed by atoms with E-state index in [1.54, 1.807) is 6.07 Å². The van der Waals surface area contributed by atoms with Crippen molar-refractivity contribution in [3.8, 4) is 6.07 Å². The number of hydrogen-bond acceptors (Lipinski definition) is 4. The molecule has 0 amide bonds. The smallest absolute Gasteiger partial charge is 0.339 e. The van der Waals surface area contributed by atoms with Gasteiger partial charge < -0.3 is 10.0 Å². The van der Waals surface area contributed by atoms with Gasteiger partial charge in [0.15, 0.2) is 0 Å². The highest BCUT2D eigenvalue weighted by Crippen LogP contribution is 2.33. The lowest BCUT2D eigenvalue weighted by molar-refractivity contribution is 0.0697. The van der Waals surface area contributed by atoms with E-state index in [-0.39, 0.29) is 5.56 Å². The number of carboxylic acid groups (broad SMARTS) is 1. The van der Waals surface area contributed by atoms with Gasteiger partial charge in [-0.15, -0.1) is 0 Å². The van der Waals surface area contributed by atoms with Gasteiger partial charge in [0, 0.05) is 24.5 Å². The Morgan fingerprint density at radius 1 is 1.67 bits per heavy atom. The van der Waals surface area contributed by atoms with E-state index in [4.69, 9.17) is 5.26 Å². The van der Waals surface area contributed by atoms with E-state index in [0.29, 0.717) is 24.7 Å². The maximum absolute atomic E-state index is 11.2. The Bertz CT molecular complexity index is 503. The number of hydrogen-bond donors (Lipinski definition) is 1. The van der Waals surface area contributed by atoms with Crippen LogP contribution < -0.4 is 4.90 Å². The van der Waals surface area contributed by atoms with Crippen LogP contribution in [0, 0.1) is 18.3 Å². The zero-order valence-corrected chi connectivity index (χ0v) is 10.3. The predicted octanol–water partition coefficient (Wildman–Crippen LogP) is 1.97. The third-order valence-corrected chi connectivity index (χ3v) is 3.01. The van der Waals surface area contributed by atoms with Gasteiger partial charge in [-0.2, -0.15) is 5.26 Å². The van der Waals surface area contributed by atoms with Crippen molar-refractivity contribution in [2.24, 2.45) is 0 Å². The van der Waals surface area contributed by atoms with Crippen LogP contribution in [0.1, 0.15) is 35.3 Å². The molecule has 2 rings (SSSR count). The molecule has 1 aliphatic carbocycles. The van der Waals surface area contributed by atoms with E-state index in [2.05, 4.69) is 11.1 Å². The zero-order valence-electron chi connectivity index (χ0n) is 10.3. The Morgan fingerprint density at radius 2 is 2.39 bits per heavy atom. The van der Waals surface area contributed by atoms with E-state index in [1.807, 2.05) is 11.8 Å². The first kappa shape index (κ1) is 12.4. The van der Waals surface area contributed by atoms with Crippen molar-refractivity contribution in [2.75, 3.05) is 11.4 Å². The second kappa shape index (κ2) is 5.05. The molecule has 1 N–H and O–H groups in total. The maximum atomic E-state index is 11.2. The number of carboxylic acids is 1. The number of rotatable bonds is 5. The molecule has 1 heterocycles. The molecule has 1 aliphatic rings. The van der Waals surface area contributed by atoms with E-state index in [0.717, 1.165) is 18.5 Å². The fraction of sp³-hybridized carbons (Fsp3) is 0.462. The van der Waals surface area contributed by atoms with Crippen molar-refractivity contribution in [3.63, 3.8) is 0 Å². The molecule has 1 aromatic rings. The van der Waals surface area contributed by atoms with Gasteiger partial charge in [0.25, 0.3) is 0 Å². The van der Waals surface area contributed by atoms with Crippen LogP contribution in [0.25, 0.3) is 0 Å². The molecule has 0 aliphatic heterocycles. The third-order valence-electron chi connectivity index (χ3n) is 3.01. The molecule has 1 aromatic heterocycles. The molecule has 0 radical (unpaired) electrons. The first-order valence-corrected chi connectivity index (χ1v) is 5.97. The van der Waals surface area contributed by atoms with Gasteiger partial charge in [-0.1, -0.05) is 0 Å². The van der Waals surface area contributed by atoms with Crippen molar-refractivity contribution in [2.45, 2.75) is 32.2 Å². The second-order valence-electron chi connectivity index (χ2n) is 4.48. The average molecular weight is 245 g/mol. The Hall–Kier alpha value is -2.09. The highest BCUT2D eigenvalue weighted by molar-refractivity contribution is 5.94. The van der Waals surface area contributed by atoms with Gasteiger partial charge in [-0.05, 0) is 25.8 Å². The summed E-state index contributed by atoms with van der Waals surface area (Å²) in [5.41, 5.74) is 1.69. The van der Waals surface area contributed by atoms with Crippen LogP contribution in [-0.2, 0) is 0 Å². The summed E-state index contributed by atoms with van der Waals surface area (Å²) in [5, 5.41) is 17.9. The molecule has 0 saturated heterocycles. The minimum absolute atomic E-state index is 0.213. The lowest BCUT2D eigenvalue weighted by Crippen LogP contribution is -2.28. The largest absolute Gasteiger partial charge is 0.478 e. The Morgan fingerprint density at radius 3 is 2.94 bits per heavy atom. The molecule has 0 bridgehead atoms. The molecule has 5 heteroatoms. The summed E-state index contributed by atoms with van der Waals surface area (Å²) in [6, 6.07) is 4.27. The van der Waals surface area contributed by atoms with E-state index >= 15 is 0 Å². The van der Waals surface area contributed by atoms with Crippen LogP contribution in [-0.4, -0.2) is 28.6 Å². The number of anilines is 1. The molecule has 1 saturated carbocycles. The van der Waals surface area contributed by atoms with Crippen molar-refractivity contribution < 1.29 is 9.90 Å². The number of nitriles is 1. The third kappa shape index (κ3) is 2.59. The minimum Gasteiger partial charge on any atom is -0.478 e. The summed E-state index contributed by atoms with van der Waals surface area (Å²) in [6.07, 6.45) is 3.92. The van der Waals surface area contributed by atoms with E-state index < -0.39 is 5.97 Å². The quantitative estimate of drug-likeness (QED) is 0.858.